The number of hydrogen-bond donors (Lipinski definition) is 0. The summed E-state index contributed by atoms with van der Waals surface area (Å²) in [5.41, 5.74) is 0.358. The Labute approximate surface area is 164 Å². The van der Waals surface area contributed by atoms with E-state index in [0.717, 1.165) is 18.4 Å². The van der Waals surface area contributed by atoms with Crippen LogP contribution in [0.3, 0.4) is 0 Å². The maximum Gasteiger partial charge on any atom is 0.410 e. The molecular weight excluding hydrogens is 382 g/mol. The summed E-state index contributed by atoms with van der Waals surface area (Å²) in [6, 6.07) is 6.29. The highest BCUT2D eigenvalue weighted by Gasteiger charge is 2.34. The Morgan fingerprint density at radius 2 is 1.93 bits per heavy atom. The lowest BCUT2D eigenvalue weighted by Crippen LogP contribution is -2.42. The van der Waals surface area contributed by atoms with E-state index in [4.69, 9.17) is 4.74 Å². The number of ether oxygens (including phenoxy) is 1. The SMILES string of the molecule is Cc1ccc(S(=O)(=O)c2nnnn2CC2CCCN2C(=O)OC(C)(C)C)cc1. The summed E-state index contributed by atoms with van der Waals surface area (Å²) in [6.45, 7) is 8.05. The minimum atomic E-state index is -3.86. The van der Waals surface area contributed by atoms with E-state index in [2.05, 4.69) is 15.5 Å². The predicted octanol–water partition coefficient (Wildman–Crippen LogP) is 2.21. The number of nitrogens with zero attached hydrogens (tertiary/aromatic N) is 5. The van der Waals surface area contributed by atoms with Crippen molar-refractivity contribution in [1.82, 2.24) is 25.1 Å². The smallest absolute Gasteiger partial charge is 0.410 e. The molecule has 0 saturated carbocycles. The number of benzene rings is 1. The minimum Gasteiger partial charge on any atom is -0.444 e. The number of tetrazole rings is 1. The van der Waals surface area contributed by atoms with E-state index in [-0.39, 0.29) is 22.6 Å². The first kappa shape index (κ1) is 20.2. The molecule has 1 aliphatic heterocycles. The Morgan fingerprint density at radius 3 is 2.57 bits per heavy atom. The van der Waals surface area contributed by atoms with E-state index in [1.807, 2.05) is 27.7 Å². The average molecular weight is 407 g/mol. The molecule has 1 aromatic heterocycles. The summed E-state index contributed by atoms with van der Waals surface area (Å²) in [4.78, 5) is 14.2. The highest BCUT2D eigenvalue weighted by molar-refractivity contribution is 7.91. The van der Waals surface area contributed by atoms with Gasteiger partial charge in [-0.15, -0.1) is 0 Å². The fourth-order valence-electron chi connectivity index (χ4n) is 3.11. The second kappa shape index (κ2) is 7.50. The lowest BCUT2D eigenvalue weighted by atomic mass is 10.2. The van der Waals surface area contributed by atoms with Crippen molar-refractivity contribution in [3.05, 3.63) is 29.8 Å². The third kappa shape index (κ3) is 4.32. The van der Waals surface area contributed by atoms with Gasteiger partial charge in [-0.2, -0.15) is 0 Å². The predicted molar refractivity (Wildman–Crippen MR) is 100 cm³/mol. The zero-order valence-corrected chi connectivity index (χ0v) is 17.3. The molecule has 152 valence electrons. The molecule has 0 bridgehead atoms. The fraction of sp³-hybridized carbons (Fsp3) is 0.556. The van der Waals surface area contributed by atoms with E-state index in [1.54, 1.807) is 17.0 Å². The first-order chi connectivity index (χ1) is 13.1. The van der Waals surface area contributed by atoms with Gasteiger partial charge in [0.1, 0.15) is 5.60 Å². The Hall–Kier alpha value is -2.49. The minimum absolute atomic E-state index is 0.129. The molecule has 1 aromatic carbocycles. The second-order valence-corrected chi connectivity index (χ2v) is 9.77. The summed E-state index contributed by atoms with van der Waals surface area (Å²) in [7, 11) is -3.86. The van der Waals surface area contributed by atoms with Gasteiger partial charge < -0.3 is 9.64 Å². The molecule has 28 heavy (non-hydrogen) atoms. The van der Waals surface area contributed by atoms with Crippen LogP contribution in [-0.4, -0.2) is 57.8 Å². The largest absolute Gasteiger partial charge is 0.444 e. The first-order valence-electron chi connectivity index (χ1n) is 9.15. The topological polar surface area (TPSA) is 107 Å². The molecule has 1 saturated heterocycles. The zero-order chi connectivity index (χ0) is 20.5. The second-order valence-electron chi connectivity index (χ2n) is 7.93. The van der Waals surface area contributed by atoms with E-state index in [9.17, 15) is 13.2 Å². The molecule has 1 fully saturated rings. The maximum absolute atomic E-state index is 12.9. The Kier molecular flexibility index (Phi) is 5.42. The molecule has 9 nitrogen and oxygen atoms in total. The number of rotatable bonds is 4. The number of sulfone groups is 1. The van der Waals surface area contributed by atoms with E-state index in [0.29, 0.717) is 6.54 Å². The molecule has 0 N–H and O–H groups in total. The molecule has 1 atom stereocenters. The van der Waals surface area contributed by atoms with Crippen molar-refractivity contribution in [1.29, 1.82) is 0 Å². The molecule has 10 heteroatoms. The summed E-state index contributed by atoms with van der Waals surface area (Å²) in [5, 5.41) is 10.9. The molecule has 1 unspecified atom stereocenters. The van der Waals surface area contributed by atoms with Gasteiger partial charge >= 0.3 is 6.09 Å². The quantitative estimate of drug-likeness (QED) is 0.765. The Morgan fingerprint density at radius 1 is 1.25 bits per heavy atom. The molecule has 3 rings (SSSR count). The first-order valence-corrected chi connectivity index (χ1v) is 10.6. The van der Waals surface area contributed by atoms with Crippen LogP contribution in [0, 0.1) is 6.92 Å². The number of carbonyl (C=O) groups excluding carboxylic acids is 1. The monoisotopic (exact) mass is 407 g/mol. The van der Waals surface area contributed by atoms with Gasteiger partial charge in [-0.05, 0) is 63.1 Å². The third-order valence-electron chi connectivity index (χ3n) is 4.46. The zero-order valence-electron chi connectivity index (χ0n) is 16.5. The van der Waals surface area contributed by atoms with E-state index < -0.39 is 21.5 Å². The van der Waals surface area contributed by atoms with Gasteiger partial charge in [-0.25, -0.2) is 17.9 Å². The maximum atomic E-state index is 12.9. The summed E-state index contributed by atoms with van der Waals surface area (Å²) >= 11 is 0. The van der Waals surface area contributed by atoms with Crippen molar-refractivity contribution >= 4 is 15.9 Å². The van der Waals surface area contributed by atoms with E-state index >= 15 is 0 Å². The molecule has 1 aliphatic rings. The molecule has 2 heterocycles. The Bertz CT molecular complexity index is 947. The van der Waals surface area contributed by atoms with Crippen molar-refractivity contribution < 1.29 is 17.9 Å². The molecular formula is C18H25N5O4S. The van der Waals surface area contributed by atoms with Crippen LogP contribution >= 0.6 is 0 Å². The van der Waals surface area contributed by atoms with Gasteiger partial charge in [0.25, 0.3) is 5.16 Å². The average Bonchev–Trinajstić information content (AvgIpc) is 3.23. The molecule has 0 spiro atoms. The van der Waals surface area contributed by atoms with Crippen molar-refractivity contribution in [2.75, 3.05) is 6.54 Å². The van der Waals surface area contributed by atoms with Crippen LogP contribution in [0.25, 0.3) is 0 Å². The molecule has 0 radical (unpaired) electrons. The van der Waals surface area contributed by atoms with Crippen molar-refractivity contribution in [3.8, 4) is 0 Å². The van der Waals surface area contributed by atoms with Crippen molar-refractivity contribution in [2.24, 2.45) is 0 Å². The van der Waals surface area contributed by atoms with Crippen LogP contribution in [0.5, 0.6) is 0 Å². The lowest BCUT2D eigenvalue weighted by Gasteiger charge is -2.28. The number of amides is 1. The number of aromatic nitrogens is 4. The third-order valence-corrected chi connectivity index (χ3v) is 6.13. The number of aryl methyl sites for hydroxylation is 1. The highest BCUT2D eigenvalue weighted by Crippen LogP contribution is 2.24. The summed E-state index contributed by atoms with van der Waals surface area (Å²) in [6.07, 6.45) is 1.13. The van der Waals surface area contributed by atoms with Gasteiger partial charge in [-0.3, -0.25) is 0 Å². The highest BCUT2D eigenvalue weighted by atomic mass is 32.2. The van der Waals surface area contributed by atoms with Crippen molar-refractivity contribution in [2.45, 2.75) is 68.8 Å². The van der Waals surface area contributed by atoms with Crippen molar-refractivity contribution in [3.63, 3.8) is 0 Å². The van der Waals surface area contributed by atoms with E-state index in [1.165, 1.54) is 16.8 Å². The van der Waals surface area contributed by atoms with Gasteiger partial charge in [0.05, 0.1) is 17.5 Å². The molecule has 0 aliphatic carbocycles. The van der Waals surface area contributed by atoms with Crippen LogP contribution in [0.2, 0.25) is 0 Å². The standard InChI is InChI=1S/C18H25N5O4S/c1-13-7-9-15(10-8-13)28(25,26)16-19-20-21-23(16)12-14-6-5-11-22(14)17(24)27-18(2,3)4/h7-10,14H,5-6,11-12H2,1-4H3. The van der Waals surface area contributed by atoms with Gasteiger partial charge in [-0.1, -0.05) is 22.8 Å². The Balaban J connectivity index is 1.82. The summed E-state index contributed by atoms with van der Waals surface area (Å²) < 4.78 is 32.6. The molecule has 1 amide bonds. The number of likely N-dealkylation sites (tertiary alicyclic amines) is 1. The van der Waals surface area contributed by atoms with Gasteiger partial charge in [0.15, 0.2) is 0 Å². The van der Waals surface area contributed by atoms with Crippen LogP contribution < -0.4 is 0 Å². The van der Waals surface area contributed by atoms with Gasteiger partial charge in [0, 0.05) is 6.54 Å². The lowest BCUT2D eigenvalue weighted by molar-refractivity contribution is 0.0209. The van der Waals surface area contributed by atoms with Crippen LogP contribution in [0.1, 0.15) is 39.2 Å². The fourth-order valence-corrected chi connectivity index (χ4v) is 4.35. The van der Waals surface area contributed by atoms with Crippen LogP contribution in [0.4, 0.5) is 4.79 Å². The normalized spacial score (nSPS) is 17.7. The summed E-state index contributed by atoms with van der Waals surface area (Å²) in [5.74, 6) is 0. The van der Waals surface area contributed by atoms with Gasteiger partial charge in [0.2, 0.25) is 9.84 Å². The van der Waals surface area contributed by atoms with Crippen LogP contribution in [-0.2, 0) is 21.1 Å². The van der Waals surface area contributed by atoms with Crippen LogP contribution in [0.15, 0.2) is 34.3 Å². The number of hydrogen-bond acceptors (Lipinski definition) is 7. The number of carbonyl (C=O) groups is 1. The molecule has 2 aromatic rings.